The van der Waals surface area contributed by atoms with Gasteiger partial charge in [-0.3, -0.25) is 4.79 Å². The fourth-order valence-corrected chi connectivity index (χ4v) is 2.10. The van der Waals surface area contributed by atoms with Crippen LogP contribution >= 0.6 is 0 Å². The van der Waals surface area contributed by atoms with Gasteiger partial charge in [0.15, 0.2) is 6.61 Å². The molecule has 2 aromatic carbocycles. The SMILES string of the molecule is C[C@@H](NC(=O)COC(=O)c1ccc(OC(F)F)cc1)c1ccc(F)cc1. The molecule has 0 radical (unpaired) electrons. The van der Waals surface area contributed by atoms with Crippen LogP contribution < -0.4 is 10.1 Å². The molecule has 0 aliphatic heterocycles. The summed E-state index contributed by atoms with van der Waals surface area (Å²) in [4.78, 5) is 23.7. The topological polar surface area (TPSA) is 64.6 Å². The van der Waals surface area contributed by atoms with Gasteiger partial charge in [0, 0.05) is 0 Å². The predicted octanol–water partition coefficient (Wildman–Crippen LogP) is 3.46. The largest absolute Gasteiger partial charge is 0.452 e. The Hall–Kier alpha value is -3.03. The zero-order chi connectivity index (χ0) is 19.1. The second kappa shape index (κ2) is 8.89. The maximum Gasteiger partial charge on any atom is 0.387 e. The molecule has 138 valence electrons. The average Bonchev–Trinajstić information content (AvgIpc) is 2.60. The molecule has 2 rings (SSSR count). The van der Waals surface area contributed by atoms with Crippen LogP contribution in [0.5, 0.6) is 5.75 Å². The maximum atomic E-state index is 12.9. The van der Waals surface area contributed by atoms with Crippen molar-refractivity contribution in [3.8, 4) is 5.75 Å². The number of benzene rings is 2. The molecule has 8 heteroatoms. The lowest BCUT2D eigenvalue weighted by atomic mass is 10.1. The van der Waals surface area contributed by atoms with E-state index in [1.165, 1.54) is 48.5 Å². The Balaban J connectivity index is 1.82. The first-order chi connectivity index (χ1) is 12.3. The molecule has 0 unspecified atom stereocenters. The van der Waals surface area contributed by atoms with Gasteiger partial charge in [0.25, 0.3) is 5.91 Å². The van der Waals surface area contributed by atoms with Gasteiger partial charge in [0.05, 0.1) is 11.6 Å². The van der Waals surface area contributed by atoms with Crippen molar-refractivity contribution in [1.29, 1.82) is 0 Å². The van der Waals surface area contributed by atoms with Crippen molar-refractivity contribution in [2.24, 2.45) is 0 Å². The average molecular weight is 367 g/mol. The normalized spacial score (nSPS) is 11.7. The summed E-state index contributed by atoms with van der Waals surface area (Å²) < 4.78 is 46.0. The Morgan fingerprint density at radius 1 is 1.04 bits per heavy atom. The van der Waals surface area contributed by atoms with E-state index in [4.69, 9.17) is 4.74 Å². The molecule has 0 spiro atoms. The van der Waals surface area contributed by atoms with E-state index in [1.807, 2.05) is 0 Å². The lowest BCUT2D eigenvalue weighted by molar-refractivity contribution is -0.124. The van der Waals surface area contributed by atoms with Crippen molar-refractivity contribution in [2.45, 2.75) is 19.6 Å². The van der Waals surface area contributed by atoms with Gasteiger partial charge in [-0.2, -0.15) is 8.78 Å². The molecule has 0 heterocycles. The monoisotopic (exact) mass is 367 g/mol. The number of esters is 1. The van der Waals surface area contributed by atoms with E-state index in [0.29, 0.717) is 5.56 Å². The first kappa shape index (κ1) is 19.3. The molecular formula is C18H16F3NO4. The molecule has 0 saturated carbocycles. The number of alkyl halides is 2. The van der Waals surface area contributed by atoms with Crippen LogP contribution in [0.25, 0.3) is 0 Å². The van der Waals surface area contributed by atoms with Crippen molar-refractivity contribution in [3.63, 3.8) is 0 Å². The molecular weight excluding hydrogens is 351 g/mol. The minimum atomic E-state index is -2.96. The van der Waals surface area contributed by atoms with E-state index in [-0.39, 0.29) is 17.1 Å². The lowest BCUT2D eigenvalue weighted by Crippen LogP contribution is -2.31. The smallest absolute Gasteiger partial charge is 0.387 e. The molecule has 26 heavy (non-hydrogen) atoms. The van der Waals surface area contributed by atoms with Gasteiger partial charge in [-0.05, 0) is 48.9 Å². The summed E-state index contributed by atoms with van der Waals surface area (Å²) in [7, 11) is 0. The summed E-state index contributed by atoms with van der Waals surface area (Å²) >= 11 is 0. The molecule has 5 nitrogen and oxygen atoms in total. The second-order valence-corrected chi connectivity index (χ2v) is 5.32. The molecule has 0 aliphatic rings. The van der Waals surface area contributed by atoms with E-state index in [0.717, 1.165) is 0 Å². The van der Waals surface area contributed by atoms with Crippen LogP contribution in [0.1, 0.15) is 28.9 Å². The number of ether oxygens (including phenoxy) is 2. The highest BCUT2D eigenvalue weighted by Gasteiger charge is 2.14. The highest BCUT2D eigenvalue weighted by molar-refractivity contribution is 5.91. The summed E-state index contributed by atoms with van der Waals surface area (Å²) in [6.45, 7) is -1.77. The zero-order valence-corrected chi connectivity index (χ0v) is 13.7. The summed E-state index contributed by atoms with van der Waals surface area (Å²) in [6.07, 6.45) is 0. The van der Waals surface area contributed by atoms with E-state index < -0.39 is 31.1 Å². The number of hydrogen-bond acceptors (Lipinski definition) is 4. The first-order valence-electron chi connectivity index (χ1n) is 7.62. The Labute approximate surface area is 147 Å². The van der Waals surface area contributed by atoms with E-state index in [9.17, 15) is 22.8 Å². The van der Waals surface area contributed by atoms with Crippen LogP contribution in [-0.2, 0) is 9.53 Å². The standard InChI is InChI=1S/C18H16F3NO4/c1-11(12-2-6-14(19)7-3-12)22-16(23)10-25-17(24)13-4-8-15(9-5-13)26-18(20)21/h2-9,11,18H,10H2,1H3,(H,22,23)/t11-/m1/s1. The number of nitrogens with one attached hydrogen (secondary N) is 1. The number of halogens is 3. The molecule has 0 saturated heterocycles. The maximum absolute atomic E-state index is 12.9. The number of rotatable bonds is 7. The van der Waals surface area contributed by atoms with Crippen LogP contribution in [0, 0.1) is 5.82 Å². The Kier molecular flexibility index (Phi) is 6.60. The minimum absolute atomic E-state index is 0.0889. The van der Waals surface area contributed by atoms with Gasteiger partial charge in [-0.25, -0.2) is 9.18 Å². The van der Waals surface area contributed by atoms with Crippen LogP contribution in [0.3, 0.4) is 0 Å². The molecule has 1 N–H and O–H groups in total. The summed E-state index contributed by atoms with van der Waals surface area (Å²) in [5.41, 5.74) is 0.784. The molecule has 0 aromatic heterocycles. The minimum Gasteiger partial charge on any atom is -0.452 e. The Morgan fingerprint density at radius 3 is 2.23 bits per heavy atom. The van der Waals surface area contributed by atoms with Crippen LogP contribution in [0.2, 0.25) is 0 Å². The first-order valence-corrected chi connectivity index (χ1v) is 7.62. The van der Waals surface area contributed by atoms with Crippen molar-refractivity contribution >= 4 is 11.9 Å². The van der Waals surface area contributed by atoms with E-state index in [1.54, 1.807) is 6.92 Å². The van der Waals surface area contributed by atoms with E-state index >= 15 is 0 Å². The third kappa shape index (κ3) is 5.80. The number of hydrogen-bond donors (Lipinski definition) is 1. The van der Waals surface area contributed by atoms with Gasteiger partial charge in [0.2, 0.25) is 0 Å². The predicted molar refractivity (Wildman–Crippen MR) is 86.3 cm³/mol. The molecule has 1 amide bonds. The lowest BCUT2D eigenvalue weighted by Gasteiger charge is -2.14. The van der Waals surface area contributed by atoms with Gasteiger partial charge in [-0.1, -0.05) is 12.1 Å². The highest BCUT2D eigenvalue weighted by Crippen LogP contribution is 2.16. The fraction of sp³-hybridized carbons (Fsp3) is 0.222. The summed E-state index contributed by atoms with van der Waals surface area (Å²) in [5.74, 6) is -1.79. The summed E-state index contributed by atoms with van der Waals surface area (Å²) in [6, 6.07) is 10.1. The van der Waals surface area contributed by atoms with Crippen molar-refractivity contribution in [3.05, 3.63) is 65.5 Å². The van der Waals surface area contributed by atoms with Crippen molar-refractivity contribution < 1.29 is 32.2 Å². The number of carbonyl (C=O) groups is 2. The second-order valence-electron chi connectivity index (χ2n) is 5.32. The molecule has 2 aromatic rings. The Bertz CT molecular complexity index is 748. The zero-order valence-electron chi connectivity index (χ0n) is 13.7. The van der Waals surface area contributed by atoms with Crippen LogP contribution in [0.4, 0.5) is 13.2 Å². The fourth-order valence-electron chi connectivity index (χ4n) is 2.10. The molecule has 0 fully saturated rings. The van der Waals surface area contributed by atoms with Crippen molar-refractivity contribution in [1.82, 2.24) is 5.32 Å². The van der Waals surface area contributed by atoms with Gasteiger partial charge < -0.3 is 14.8 Å². The molecule has 0 aliphatic carbocycles. The third-order valence-electron chi connectivity index (χ3n) is 3.40. The number of amides is 1. The quantitative estimate of drug-likeness (QED) is 0.762. The van der Waals surface area contributed by atoms with Gasteiger partial charge in [0.1, 0.15) is 11.6 Å². The third-order valence-corrected chi connectivity index (χ3v) is 3.40. The number of carbonyl (C=O) groups excluding carboxylic acids is 2. The summed E-state index contributed by atoms with van der Waals surface area (Å²) in [5, 5.41) is 2.61. The van der Waals surface area contributed by atoms with Crippen LogP contribution in [0.15, 0.2) is 48.5 Å². The molecule has 0 bridgehead atoms. The highest BCUT2D eigenvalue weighted by atomic mass is 19.3. The van der Waals surface area contributed by atoms with E-state index in [2.05, 4.69) is 10.1 Å². The molecule has 1 atom stereocenters. The van der Waals surface area contributed by atoms with Gasteiger partial charge >= 0.3 is 12.6 Å². The van der Waals surface area contributed by atoms with Gasteiger partial charge in [-0.15, -0.1) is 0 Å². The van der Waals surface area contributed by atoms with Crippen molar-refractivity contribution in [2.75, 3.05) is 6.61 Å². The Morgan fingerprint density at radius 2 is 1.65 bits per heavy atom. The van der Waals surface area contributed by atoms with Crippen LogP contribution in [-0.4, -0.2) is 25.1 Å².